The number of benzene rings is 1. The molecular weight excluding hydrogens is 258 g/mol. The zero-order valence-corrected chi connectivity index (χ0v) is 12.5. The summed E-state index contributed by atoms with van der Waals surface area (Å²) in [6.07, 6.45) is 6.60. The Bertz CT molecular complexity index is 439. The maximum atomic E-state index is 6.21. The van der Waals surface area contributed by atoms with Crippen molar-refractivity contribution in [2.45, 2.75) is 64.1 Å². The van der Waals surface area contributed by atoms with E-state index in [4.69, 9.17) is 16.3 Å². The van der Waals surface area contributed by atoms with Crippen LogP contribution in [0.25, 0.3) is 0 Å². The fraction of sp³-hybridized carbons (Fsp3) is 0.625. The van der Waals surface area contributed by atoms with Crippen LogP contribution in [0.2, 0.25) is 5.02 Å². The molecular formula is C16H22ClNO. The Morgan fingerprint density at radius 3 is 2.26 bits per heavy atom. The van der Waals surface area contributed by atoms with Gasteiger partial charge in [-0.3, -0.25) is 0 Å². The molecule has 3 heteroatoms. The topological polar surface area (TPSA) is 21.3 Å². The highest BCUT2D eigenvalue weighted by molar-refractivity contribution is 6.32. The zero-order chi connectivity index (χ0) is 13.4. The van der Waals surface area contributed by atoms with Crippen molar-refractivity contribution in [3.8, 4) is 5.75 Å². The lowest BCUT2D eigenvalue weighted by Crippen LogP contribution is -2.51. The van der Waals surface area contributed by atoms with Crippen LogP contribution in [0.4, 0.5) is 0 Å². The Hall–Kier alpha value is -0.730. The van der Waals surface area contributed by atoms with Crippen molar-refractivity contribution in [3.63, 3.8) is 0 Å². The van der Waals surface area contributed by atoms with Gasteiger partial charge in [-0.1, -0.05) is 18.0 Å². The largest absolute Gasteiger partial charge is 0.490 e. The van der Waals surface area contributed by atoms with E-state index in [2.05, 4.69) is 17.4 Å². The van der Waals surface area contributed by atoms with Gasteiger partial charge < -0.3 is 10.1 Å². The minimum atomic E-state index is 0.358. The molecule has 0 aliphatic carbocycles. The molecule has 2 bridgehead atoms. The molecule has 3 rings (SSSR count). The molecule has 2 aliphatic rings. The maximum absolute atomic E-state index is 6.21. The van der Waals surface area contributed by atoms with Crippen LogP contribution >= 0.6 is 11.6 Å². The number of hydrogen-bond donors (Lipinski definition) is 1. The molecule has 0 aromatic heterocycles. The van der Waals surface area contributed by atoms with Gasteiger partial charge in [-0.2, -0.15) is 0 Å². The summed E-state index contributed by atoms with van der Waals surface area (Å²) >= 11 is 6.20. The Morgan fingerprint density at radius 2 is 1.68 bits per heavy atom. The Kier molecular flexibility index (Phi) is 3.72. The Labute approximate surface area is 120 Å². The predicted octanol–water partition coefficient (Wildman–Crippen LogP) is 4.01. The fourth-order valence-electron chi connectivity index (χ4n) is 3.48. The molecule has 0 radical (unpaired) electrons. The summed E-state index contributed by atoms with van der Waals surface area (Å²) in [5.74, 6) is 0.976. The van der Waals surface area contributed by atoms with Gasteiger partial charge >= 0.3 is 0 Å². The molecule has 2 nitrogen and oxygen atoms in total. The average molecular weight is 280 g/mol. The van der Waals surface area contributed by atoms with Crippen LogP contribution in [0.15, 0.2) is 12.1 Å². The highest BCUT2D eigenvalue weighted by Crippen LogP contribution is 2.31. The zero-order valence-electron chi connectivity index (χ0n) is 11.7. The lowest BCUT2D eigenvalue weighted by Gasteiger charge is -2.40. The van der Waals surface area contributed by atoms with Crippen LogP contribution in [0, 0.1) is 13.8 Å². The van der Waals surface area contributed by atoms with E-state index in [9.17, 15) is 0 Å². The summed E-state index contributed by atoms with van der Waals surface area (Å²) in [7, 11) is 0. The van der Waals surface area contributed by atoms with Gasteiger partial charge in [0.05, 0.1) is 0 Å². The van der Waals surface area contributed by atoms with E-state index < -0.39 is 0 Å². The summed E-state index contributed by atoms with van der Waals surface area (Å²) < 4.78 is 6.21. The quantitative estimate of drug-likeness (QED) is 0.883. The van der Waals surface area contributed by atoms with Crippen LogP contribution < -0.4 is 10.1 Å². The van der Waals surface area contributed by atoms with E-state index in [0.717, 1.165) is 34.7 Å². The number of fused-ring (bicyclic) bond motifs is 2. The van der Waals surface area contributed by atoms with E-state index in [1.54, 1.807) is 0 Å². The second kappa shape index (κ2) is 5.34. The summed E-state index contributed by atoms with van der Waals surface area (Å²) in [6.45, 7) is 4.08. The van der Waals surface area contributed by atoms with Gasteiger partial charge in [0, 0.05) is 17.1 Å². The number of rotatable bonds is 2. The van der Waals surface area contributed by atoms with Gasteiger partial charge in [0.15, 0.2) is 0 Å². The summed E-state index contributed by atoms with van der Waals surface area (Å²) in [6, 6.07) is 5.44. The molecule has 0 amide bonds. The Morgan fingerprint density at radius 1 is 1.11 bits per heavy atom. The third-order valence-corrected chi connectivity index (χ3v) is 4.98. The first-order valence-electron chi connectivity index (χ1n) is 7.31. The monoisotopic (exact) mass is 279 g/mol. The van der Waals surface area contributed by atoms with Crippen molar-refractivity contribution in [3.05, 3.63) is 28.3 Å². The second-order valence-corrected chi connectivity index (χ2v) is 6.45. The van der Waals surface area contributed by atoms with Crippen molar-refractivity contribution in [1.29, 1.82) is 0 Å². The van der Waals surface area contributed by atoms with E-state index in [-0.39, 0.29) is 0 Å². The van der Waals surface area contributed by atoms with Crippen molar-refractivity contribution in [2.75, 3.05) is 0 Å². The van der Waals surface area contributed by atoms with Crippen molar-refractivity contribution in [1.82, 2.24) is 5.32 Å². The molecule has 2 fully saturated rings. The minimum Gasteiger partial charge on any atom is -0.490 e. The van der Waals surface area contributed by atoms with Gasteiger partial charge in [0.25, 0.3) is 0 Å². The molecule has 0 spiro atoms. The summed E-state index contributed by atoms with van der Waals surface area (Å²) in [4.78, 5) is 0. The van der Waals surface area contributed by atoms with Crippen LogP contribution in [0.5, 0.6) is 5.75 Å². The van der Waals surface area contributed by atoms with Crippen molar-refractivity contribution in [2.24, 2.45) is 0 Å². The highest BCUT2D eigenvalue weighted by Gasteiger charge is 2.32. The van der Waals surface area contributed by atoms with Crippen LogP contribution in [0.3, 0.4) is 0 Å². The van der Waals surface area contributed by atoms with Gasteiger partial charge in [0.2, 0.25) is 0 Å². The number of halogens is 1. The standard InChI is InChI=1S/C16H22ClNO/c1-10-6-14(7-11(2)16(10)17)19-15-8-12-4-3-5-13(9-15)18-12/h6-7,12-13,15,18H,3-5,8-9H2,1-2H3. The number of piperidine rings is 2. The molecule has 2 heterocycles. The number of nitrogens with one attached hydrogen (secondary N) is 1. The maximum Gasteiger partial charge on any atom is 0.120 e. The van der Waals surface area contributed by atoms with Crippen LogP contribution in [-0.4, -0.2) is 18.2 Å². The third kappa shape index (κ3) is 2.90. The van der Waals surface area contributed by atoms with Crippen molar-refractivity contribution < 1.29 is 4.74 Å². The van der Waals surface area contributed by atoms with Gasteiger partial charge in [0.1, 0.15) is 11.9 Å². The summed E-state index contributed by atoms with van der Waals surface area (Å²) in [5, 5.41) is 4.56. The van der Waals surface area contributed by atoms with Gasteiger partial charge in [-0.25, -0.2) is 0 Å². The summed E-state index contributed by atoms with van der Waals surface area (Å²) in [5.41, 5.74) is 2.21. The van der Waals surface area contributed by atoms with E-state index in [1.807, 2.05) is 13.8 Å². The normalized spacial score (nSPS) is 30.2. The highest BCUT2D eigenvalue weighted by atomic mass is 35.5. The third-order valence-electron chi connectivity index (χ3n) is 4.38. The molecule has 0 saturated carbocycles. The minimum absolute atomic E-state index is 0.358. The first kappa shape index (κ1) is 13.3. The fourth-order valence-corrected chi connectivity index (χ4v) is 3.59. The van der Waals surface area contributed by atoms with Gasteiger partial charge in [-0.05, 0) is 62.8 Å². The van der Waals surface area contributed by atoms with E-state index >= 15 is 0 Å². The first-order chi connectivity index (χ1) is 9.11. The molecule has 2 saturated heterocycles. The average Bonchev–Trinajstić information content (AvgIpc) is 2.35. The van der Waals surface area contributed by atoms with Crippen molar-refractivity contribution >= 4 is 11.6 Å². The lowest BCUT2D eigenvalue weighted by atomic mass is 9.85. The van der Waals surface area contributed by atoms with Crippen LogP contribution in [0.1, 0.15) is 43.2 Å². The molecule has 2 atom stereocenters. The molecule has 1 aromatic carbocycles. The SMILES string of the molecule is Cc1cc(OC2CC3CCCC(C2)N3)cc(C)c1Cl. The van der Waals surface area contributed by atoms with Gasteiger partial charge in [-0.15, -0.1) is 0 Å². The molecule has 2 unspecified atom stereocenters. The Balaban J connectivity index is 1.71. The first-order valence-corrected chi connectivity index (χ1v) is 7.69. The van der Waals surface area contributed by atoms with Crippen LogP contribution in [-0.2, 0) is 0 Å². The molecule has 1 N–H and O–H groups in total. The molecule has 104 valence electrons. The smallest absolute Gasteiger partial charge is 0.120 e. The lowest BCUT2D eigenvalue weighted by molar-refractivity contribution is 0.0926. The molecule has 19 heavy (non-hydrogen) atoms. The molecule has 2 aliphatic heterocycles. The molecule has 1 aromatic rings. The number of aryl methyl sites for hydroxylation is 2. The number of ether oxygens (including phenoxy) is 1. The number of hydrogen-bond acceptors (Lipinski definition) is 2. The predicted molar refractivity (Wildman–Crippen MR) is 79.1 cm³/mol. The van der Waals surface area contributed by atoms with E-state index in [0.29, 0.717) is 18.2 Å². The second-order valence-electron chi connectivity index (χ2n) is 6.07. The van der Waals surface area contributed by atoms with E-state index in [1.165, 1.54) is 19.3 Å².